The largest absolute Gasteiger partial charge is 0.473 e. The Hall–Kier alpha value is -2.28. The van der Waals surface area contributed by atoms with Gasteiger partial charge >= 0.3 is 0 Å². The minimum Gasteiger partial charge on any atom is -0.473 e. The van der Waals surface area contributed by atoms with Crippen LogP contribution in [-0.2, 0) is 10.2 Å². The molecule has 3 rings (SSSR count). The summed E-state index contributed by atoms with van der Waals surface area (Å²) in [5, 5.41) is 0. The first-order chi connectivity index (χ1) is 8.92. The van der Waals surface area contributed by atoms with Gasteiger partial charge in [0.1, 0.15) is 0 Å². The summed E-state index contributed by atoms with van der Waals surface area (Å²) >= 11 is 0. The van der Waals surface area contributed by atoms with E-state index in [4.69, 9.17) is 4.74 Å². The highest BCUT2D eigenvalue weighted by Gasteiger charge is 2.30. The van der Waals surface area contributed by atoms with Gasteiger partial charge in [0.15, 0.2) is 0 Å². The Kier molecular flexibility index (Phi) is 2.73. The number of hydrogen-bond donors (Lipinski definition) is 0. The third-order valence-corrected chi connectivity index (χ3v) is 3.32. The molecule has 1 heteroatoms. The molecular weight excluding hydrogens is 220 g/mol. The maximum atomic E-state index is 5.21. The molecule has 0 bridgehead atoms. The molecular formula is C17H14O. The maximum absolute atomic E-state index is 5.21. The molecule has 1 aliphatic rings. The quantitative estimate of drug-likeness (QED) is 0.762. The molecule has 0 fully saturated rings. The van der Waals surface area contributed by atoms with Crippen molar-refractivity contribution < 1.29 is 4.74 Å². The molecule has 1 heterocycles. The Bertz CT molecular complexity index is 514. The number of rotatable bonds is 2. The number of benzene rings is 2. The fourth-order valence-corrected chi connectivity index (χ4v) is 2.37. The molecule has 0 radical (unpaired) electrons. The minimum atomic E-state index is -0.221. The maximum Gasteiger partial charge on any atom is 0.0876 e. The van der Waals surface area contributed by atoms with Crippen LogP contribution in [0, 0.1) is 0 Å². The van der Waals surface area contributed by atoms with E-state index in [9.17, 15) is 0 Å². The lowest BCUT2D eigenvalue weighted by Crippen LogP contribution is -2.24. The van der Waals surface area contributed by atoms with Crippen LogP contribution in [0.1, 0.15) is 11.1 Å². The van der Waals surface area contributed by atoms with E-state index in [0.29, 0.717) is 0 Å². The molecule has 2 aromatic rings. The summed E-state index contributed by atoms with van der Waals surface area (Å²) in [6, 6.07) is 20.9. The van der Waals surface area contributed by atoms with E-state index in [1.165, 1.54) is 11.1 Å². The molecule has 0 saturated carbocycles. The number of ether oxygens (including phenoxy) is 1. The monoisotopic (exact) mass is 234 g/mol. The molecule has 0 spiro atoms. The van der Waals surface area contributed by atoms with Crippen LogP contribution in [0.3, 0.4) is 0 Å². The van der Waals surface area contributed by atoms with E-state index in [1.54, 1.807) is 12.5 Å². The van der Waals surface area contributed by atoms with Gasteiger partial charge in [0.25, 0.3) is 0 Å². The second-order valence-corrected chi connectivity index (χ2v) is 4.34. The van der Waals surface area contributed by atoms with Gasteiger partial charge in [0, 0.05) is 0 Å². The van der Waals surface area contributed by atoms with Crippen LogP contribution in [0.5, 0.6) is 0 Å². The molecule has 0 unspecified atom stereocenters. The summed E-state index contributed by atoms with van der Waals surface area (Å²) in [7, 11) is 0. The molecule has 0 aromatic heterocycles. The van der Waals surface area contributed by atoms with Crippen molar-refractivity contribution in [3.05, 3.63) is 96.5 Å². The molecule has 0 N–H and O–H groups in total. The SMILES string of the molecule is C1=CC(c2ccccc2)(c2ccccc2)C=CO1. The normalized spacial score (nSPS) is 16.2. The lowest BCUT2D eigenvalue weighted by Gasteiger charge is -2.30. The van der Waals surface area contributed by atoms with Gasteiger partial charge in [0.2, 0.25) is 0 Å². The van der Waals surface area contributed by atoms with Crippen molar-refractivity contribution in [3.63, 3.8) is 0 Å². The predicted octanol–water partition coefficient (Wildman–Crippen LogP) is 4.03. The van der Waals surface area contributed by atoms with Gasteiger partial charge in [-0.25, -0.2) is 0 Å². The zero-order valence-corrected chi connectivity index (χ0v) is 9.99. The third kappa shape index (κ3) is 1.74. The molecule has 0 aliphatic carbocycles. The van der Waals surface area contributed by atoms with E-state index in [1.807, 2.05) is 12.1 Å². The Labute approximate surface area is 107 Å². The Morgan fingerprint density at radius 2 is 1.06 bits per heavy atom. The van der Waals surface area contributed by atoms with E-state index in [0.717, 1.165) is 0 Å². The fourth-order valence-electron chi connectivity index (χ4n) is 2.37. The van der Waals surface area contributed by atoms with Crippen molar-refractivity contribution in [2.45, 2.75) is 5.41 Å². The summed E-state index contributed by atoms with van der Waals surface area (Å²) in [6.45, 7) is 0. The lowest BCUT2D eigenvalue weighted by atomic mass is 9.74. The molecule has 0 saturated heterocycles. The second kappa shape index (κ2) is 4.53. The standard InChI is InChI=1S/C17H14O/c1-3-7-15(8-4-1)17(11-13-18-14-12-17)16-9-5-2-6-10-16/h1-14H. The van der Waals surface area contributed by atoms with Crippen molar-refractivity contribution in [2.24, 2.45) is 0 Å². The van der Waals surface area contributed by atoms with E-state index < -0.39 is 0 Å². The fraction of sp³-hybridized carbons (Fsp3) is 0.0588. The van der Waals surface area contributed by atoms with E-state index in [-0.39, 0.29) is 5.41 Å². The Morgan fingerprint density at radius 1 is 0.611 bits per heavy atom. The Morgan fingerprint density at radius 3 is 1.50 bits per heavy atom. The summed E-state index contributed by atoms with van der Waals surface area (Å²) < 4.78 is 5.21. The van der Waals surface area contributed by atoms with Crippen LogP contribution in [0.25, 0.3) is 0 Å². The van der Waals surface area contributed by atoms with E-state index in [2.05, 4.69) is 60.7 Å². The molecule has 2 aromatic carbocycles. The van der Waals surface area contributed by atoms with Crippen LogP contribution in [0.15, 0.2) is 85.3 Å². The molecule has 1 nitrogen and oxygen atoms in total. The second-order valence-electron chi connectivity index (χ2n) is 4.34. The highest BCUT2D eigenvalue weighted by Crippen LogP contribution is 2.36. The molecule has 88 valence electrons. The summed E-state index contributed by atoms with van der Waals surface area (Å²) in [5.41, 5.74) is 2.26. The van der Waals surface area contributed by atoms with Crippen LogP contribution in [0.4, 0.5) is 0 Å². The average Bonchev–Trinajstić information content (AvgIpc) is 2.50. The molecule has 0 amide bonds. The van der Waals surface area contributed by atoms with Crippen LogP contribution in [0.2, 0.25) is 0 Å². The van der Waals surface area contributed by atoms with E-state index >= 15 is 0 Å². The van der Waals surface area contributed by atoms with Crippen molar-refractivity contribution in [2.75, 3.05) is 0 Å². The van der Waals surface area contributed by atoms with Gasteiger partial charge in [-0.05, 0) is 23.3 Å². The van der Waals surface area contributed by atoms with Crippen LogP contribution in [-0.4, -0.2) is 0 Å². The van der Waals surface area contributed by atoms with Crippen LogP contribution >= 0.6 is 0 Å². The third-order valence-electron chi connectivity index (χ3n) is 3.32. The van der Waals surface area contributed by atoms with Crippen molar-refractivity contribution >= 4 is 0 Å². The van der Waals surface area contributed by atoms with Gasteiger partial charge in [-0.2, -0.15) is 0 Å². The van der Waals surface area contributed by atoms with Gasteiger partial charge in [-0.3, -0.25) is 0 Å². The predicted molar refractivity (Wildman–Crippen MR) is 73.0 cm³/mol. The lowest BCUT2D eigenvalue weighted by molar-refractivity contribution is 0.382. The first-order valence-corrected chi connectivity index (χ1v) is 6.04. The average molecular weight is 234 g/mol. The smallest absolute Gasteiger partial charge is 0.0876 e. The zero-order chi connectivity index (χ0) is 12.3. The molecule has 0 atom stereocenters. The first-order valence-electron chi connectivity index (χ1n) is 6.04. The highest BCUT2D eigenvalue weighted by atomic mass is 16.5. The summed E-state index contributed by atoms with van der Waals surface area (Å²) in [4.78, 5) is 0. The highest BCUT2D eigenvalue weighted by molar-refractivity contribution is 5.49. The molecule has 18 heavy (non-hydrogen) atoms. The van der Waals surface area contributed by atoms with Crippen molar-refractivity contribution in [1.82, 2.24) is 0 Å². The van der Waals surface area contributed by atoms with Crippen molar-refractivity contribution in [1.29, 1.82) is 0 Å². The van der Waals surface area contributed by atoms with Gasteiger partial charge in [0.05, 0.1) is 17.9 Å². The Balaban J connectivity index is 2.20. The number of hydrogen-bond acceptors (Lipinski definition) is 1. The van der Waals surface area contributed by atoms with Crippen LogP contribution < -0.4 is 0 Å². The van der Waals surface area contributed by atoms with Gasteiger partial charge in [-0.1, -0.05) is 60.7 Å². The van der Waals surface area contributed by atoms with Gasteiger partial charge in [-0.15, -0.1) is 0 Å². The van der Waals surface area contributed by atoms with Crippen molar-refractivity contribution in [3.8, 4) is 0 Å². The zero-order valence-electron chi connectivity index (χ0n) is 9.99. The first kappa shape index (κ1) is 10.8. The minimum absolute atomic E-state index is 0.221. The number of allylic oxidation sites excluding steroid dienone is 2. The summed E-state index contributed by atoms with van der Waals surface area (Å²) in [6.07, 6.45) is 7.69. The topological polar surface area (TPSA) is 9.23 Å². The van der Waals surface area contributed by atoms with Gasteiger partial charge < -0.3 is 4.74 Å². The molecule has 1 aliphatic heterocycles. The summed E-state index contributed by atoms with van der Waals surface area (Å²) in [5.74, 6) is 0.